The van der Waals surface area contributed by atoms with Crippen LogP contribution in [0.25, 0.3) is 0 Å². The monoisotopic (exact) mass is 230 g/mol. The number of hydrogen-bond donors (Lipinski definition) is 2. The zero-order valence-electron chi connectivity index (χ0n) is 9.54. The van der Waals surface area contributed by atoms with Crippen LogP contribution >= 0.6 is 0 Å². The first-order valence-electron chi connectivity index (χ1n) is 5.30. The number of nitrogens with two attached hydrogens (primary N) is 2. The van der Waals surface area contributed by atoms with Crippen LogP contribution in [0.1, 0.15) is 6.92 Å². The Labute approximate surface area is 99.3 Å². The molecule has 0 aliphatic heterocycles. The smallest absolute Gasteiger partial charge is 0.236 e. The van der Waals surface area contributed by atoms with Crippen LogP contribution in [0.3, 0.4) is 0 Å². The molecule has 4 N–H and O–H groups in total. The summed E-state index contributed by atoms with van der Waals surface area (Å²) >= 11 is 0. The van der Waals surface area contributed by atoms with Gasteiger partial charge in [0.05, 0.1) is 0 Å². The molecular weight excluding hydrogens is 216 g/mol. The average Bonchev–Trinajstić information content (AvgIpc) is 2.30. The summed E-state index contributed by atoms with van der Waals surface area (Å²) in [6.45, 7) is 2.72. The molecule has 1 heterocycles. The van der Waals surface area contributed by atoms with Crippen molar-refractivity contribution in [3.63, 3.8) is 0 Å². The predicted octanol–water partition coefficient (Wildman–Crippen LogP) is 1.19. The molecule has 0 saturated carbocycles. The second-order valence-corrected chi connectivity index (χ2v) is 3.43. The Morgan fingerprint density at radius 1 is 1.00 bits per heavy atom. The molecule has 6 heteroatoms. The van der Waals surface area contributed by atoms with Gasteiger partial charge in [0.1, 0.15) is 0 Å². The van der Waals surface area contributed by atoms with Gasteiger partial charge in [0.25, 0.3) is 0 Å². The predicted molar refractivity (Wildman–Crippen MR) is 67.8 cm³/mol. The van der Waals surface area contributed by atoms with Crippen molar-refractivity contribution in [1.82, 2.24) is 15.0 Å². The lowest BCUT2D eigenvalue weighted by Gasteiger charge is -2.20. The third kappa shape index (κ3) is 2.41. The Morgan fingerprint density at radius 2 is 1.59 bits per heavy atom. The van der Waals surface area contributed by atoms with Crippen LogP contribution in [0.4, 0.5) is 23.5 Å². The van der Waals surface area contributed by atoms with E-state index in [9.17, 15) is 0 Å². The molecule has 0 fully saturated rings. The Bertz CT molecular complexity index is 478. The lowest BCUT2D eigenvalue weighted by Crippen LogP contribution is -2.20. The first kappa shape index (κ1) is 11.1. The third-order valence-electron chi connectivity index (χ3n) is 2.28. The number of nitrogens with zero attached hydrogens (tertiary/aromatic N) is 4. The van der Waals surface area contributed by atoms with Crippen molar-refractivity contribution in [3.05, 3.63) is 30.3 Å². The van der Waals surface area contributed by atoms with Gasteiger partial charge in [-0.25, -0.2) is 0 Å². The summed E-state index contributed by atoms with van der Waals surface area (Å²) in [5.74, 6) is 0.715. The summed E-state index contributed by atoms with van der Waals surface area (Å²) in [6.07, 6.45) is 0. The fourth-order valence-corrected chi connectivity index (χ4v) is 1.57. The van der Waals surface area contributed by atoms with Gasteiger partial charge in [-0.15, -0.1) is 0 Å². The summed E-state index contributed by atoms with van der Waals surface area (Å²) < 4.78 is 0. The highest BCUT2D eigenvalue weighted by atomic mass is 15.3. The standard InChI is InChI=1S/C11H14N6/c1-2-17(8-6-4-3-5-7-8)11-15-9(12)14-10(13)16-11/h3-7H,2H2,1H3,(H4,12,13,14,15,16). The average molecular weight is 230 g/mol. The maximum absolute atomic E-state index is 5.56. The fourth-order valence-electron chi connectivity index (χ4n) is 1.57. The molecule has 0 aliphatic carbocycles. The minimum atomic E-state index is 0.127. The normalized spacial score (nSPS) is 10.2. The van der Waals surface area contributed by atoms with Crippen molar-refractivity contribution >= 4 is 23.5 Å². The van der Waals surface area contributed by atoms with Crippen LogP contribution in [-0.2, 0) is 0 Å². The van der Waals surface area contributed by atoms with E-state index in [2.05, 4.69) is 15.0 Å². The van der Waals surface area contributed by atoms with E-state index in [0.29, 0.717) is 12.5 Å². The number of rotatable bonds is 3. The fraction of sp³-hybridized carbons (Fsp3) is 0.182. The Hall–Kier alpha value is -2.37. The van der Waals surface area contributed by atoms with E-state index in [4.69, 9.17) is 11.5 Å². The van der Waals surface area contributed by atoms with Gasteiger partial charge >= 0.3 is 0 Å². The highest BCUT2D eigenvalue weighted by Gasteiger charge is 2.11. The molecule has 17 heavy (non-hydrogen) atoms. The minimum Gasteiger partial charge on any atom is -0.368 e. The van der Waals surface area contributed by atoms with Crippen LogP contribution < -0.4 is 16.4 Å². The molecule has 0 spiro atoms. The van der Waals surface area contributed by atoms with Gasteiger partial charge in [-0.2, -0.15) is 15.0 Å². The Balaban J connectivity index is 2.42. The van der Waals surface area contributed by atoms with Crippen molar-refractivity contribution in [3.8, 4) is 0 Å². The second-order valence-electron chi connectivity index (χ2n) is 3.43. The molecule has 0 radical (unpaired) electrons. The summed E-state index contributed by atoms with van der Waals surface area (Å²) in [5, 5.41) is 0. The number of para-hydroxylation sites is 1. The first-order valence-corrected chi connectivity index (χ1v) is 5.30. The molecule has 88 valence electrons. The first-order chi connectivity index (χ1) is 8.20. The van der Waals surface area contributed by atoms with Crippen molar-refractivity contribution in [2.75, 3.05) is 22.9 Å². The molecule has 0 atom stereocenters. The lowest BCUT2D eigenvalue weighted by molar-refractivity contribution is 0.933. The van der Waals surface area contributed by atoms with Crippen LogP contribution in [0.15, 0.2) is 30.3 Å². The van der Waals surface area contributed by atoms with E-state index in [1.54, 1.807) is 0 Å². The molecule has 0 bridgehead atoms. The largest absolute Gasteiger partial charge is 0.368 e. The zero-order valence-corrected chi connectivity index (χ0v) is 9.54. The summed E-state index contributed by atoms with van der Waals surface area (Å²) in [5.41, 5.74) is 12.1. The molecule has 2 rings (SSSR count). The van der Waals surface area contributed by atoms with E-state index >= 15 is 0 Å². The van der Waals surface area contributed by atoms with Gasteiger partial charge in [-0.3, -0.25) is 0 Å². The molecule has 0 aliphatic rings. The second kappa shape index (κ2) is 4.65. The zero-order chi connectivity index (χ0) is 12.3. The van der Waals surface area contributed by atoms with E-state index in [-0.39, 0.29) is 11.9 Å². The van der Waals surface area contributed by atoms with Crippen LogP contribution in [-0.4, -0.2) is 21.5 Å². The van der Waals surface area contributed by atoms with Gasteiger partial charge in [-0.05, 0) is 19.1 Å². The van der Waals surface area contributed by atoms with Crippen LogP contribution in [0, 0.1) is 0 Å². The van der Waals surface area contributed by atoms with Crippen molar-refractivity contribution in [2.45, 2.75) is 6.92 Å². The van der Waals surface area contributed by atoms with Crippen molar-refractivity contribution in [2.24, 2.45) is 0 Å². The minimum absolute atomic E-state index is 0.127. The summed E-state index contributed by atoms with van der Waals surface area (Å²) in [7, 11) is 0. The van der Waals surface area contributed by atoms with Gasteiger partial charge in [-0.1, -0.05) is 18.2 Å². The lowest BCUT2D eigenvalue weighted by atomic mass is 10.3. The quantitative estimate of drug-likeness (QED) is 0.822. The number of anilines is 4. The Morgan fingerprint density at radius 3 is 2.12 bits per heavy atom. The molecule has 1 aromatic carbocycles. The van der Waals surface area contributed by atoms with Gasteiger partial charge in [0.2, 0.25) is 17.8 Å². The number of benzene rings is 1. The van der Waals surface area contributed by atoms with Gasteiger partial charge in [0, 0.05) is 12.2 Å². The van der Waals surface area contributed by atoms with E-state index in [1.807, 2.05) is 42.2 Å². The molecule has 0 unspecified atom stereocenters. The van der Waals surface area contributed by atoms with E-state index in [1.165, 1.54) is 0 Å². The molecule has 0 saturated heterocycles. The van der Waals surface area contributed by atoms with Crippen LogP contribution in [0.5, 0.6) is 0 Å². The maximum atomic E-state index is 5.56. The highest BCUT2D eigenvalue weighted by molar-refractivity contribution is 5.58. The molecular formula is C11H14N6. The summed E-state index contributed by atoms with van der Waals surface area (Å²) in [4.78, 5) is 13.8. The van der Waals surface area contributed by atoms with Crippen molar-refractivity contribution in [1.29, 1.82) is 0 Å². The molecule has 2 aromatic rings. The topological polar surface area (TPSA) is 94.0 Å². The maximum Gasteiger partial charge on any atom is 0.236 e. The third-order valence-corrected chi connectivity index (χ3v) is 2.28. The Kier molecular flexibility index (Phi) is 3.04. The number of aromatic nitrogens is 3. The number of hydrogen-bond acceptors (Lipinski definition) is 6. The molecule has 6 nitrogen and oxygen atoms in total. The van der Waals surface area contributed by atoms with Gasteiger partial charge in [0.15, 0.2) is 0 Å². The van der Waals surface area contributed by atoms with E-state index < -0.39 is 0 Å². The number of nitrogen functional groups attached to an aromatic ring is 2. The van der Waals surface area contributed by atoms with Gasteiger partial charge < -0.3 is 16.4 Å². The molecule has 1 aromatic heterocycles. The van der Waals surface area contributed by atoms with Crippen molar-refractivity contribution < 1.29 is 0 Å². The highest BCUT2D eigenvalue weighted by Crippen LogP contribution is 2.21. The van der Waals surface area contributed by atoms with Crippen LogP contribution in [0.2, 0.25) is 0 Å². The molecule has 0 amide bonds. The summed E-state index contributed by atoms with van der Waals surface area (Å²) in [6, 6.07) is 9.80. The van der Waals surface area contributed by atoms with E-state index in [0.717, 1.165) is 5.69 Å². The SMILES string of the molecule is CCN(c1ccccc1)c1nc(N)nc(N)n1.